The van der Waals surface area contributed by atoms with Gasteiger partial charge in [0.15, 0.2) is 0 Å². The van der Waals surface area contributed by atoms with E-state index in [2.05, 4.69) is 13.8 Å². The van der Waals surface area contributed by atoms with Crippen LogP contribution in [0.15, 0.2) is 24.3 Å². The Kier molecular flexibility index (Phi) is 4.90. The molecule has 1 amide bonds. The molecule has 1 fully saturated rings. The number of para-hydroxylation sites is 1. The summed E-state index contributed by atoms with van der Waals surface area (Å²) in [4.78, 5) is 25.0. The van der Waals surface area contributed by atoms with Crippen LogP contribution in [0.4, 0.5) is 5.69 Å². The van der Waals surface area contributed by atoms with Crippen molar-refractivity contribution >= 4 is 11.6 Å². The molecule has 0 N–H and O–H groups in total. The molecule has 0 spiro atoms. The average molecular weight is 292 g/mol. The van der Waals surface area contributed by atoms with Crippen LogP contribution in [-0.4, -0.2) is 41.5 Å². The van der Waals surface area contributed by atoms with Crippen LogP contribution in [0, 0.1) is 16.0 Å². The Hall–Kier alpha value is -1.95. The molecule has 0 unspecified atom stereocenters. The topological polar surface area (TPSA) is 72.7 Å². The molecular weight excluding hydrogens is 272 g/mol. The highest BCUT2D eigenvalue weighted by atomic mass is 16.6. The van der Waals surface area contributed by atoms with Gasteiger partial charge < -0.3 is 9.64 Å². The Balaban J connectivity index is 2.27. The minimum absolute atomic E-state index is 0.0222. The fraction of sp³-hybridized carbons (Fsp3) is 0.533. The van der Waals surface area contributed by atoms with Crippen molar-refractivity contribution in [2.24, 2.45) is 5.92 Å². The smallest absolute Gasteiger partial charge is 0.282 e. The van der Waals surface area contributed by atoms with Gasteiger partial charge in [-0.2, -0.15) is 0 Å². The molecule has 0 bridgehead atoms. The Labute approximate surface area is 123 Å². The van der Waals surface area contributed by atoms with Crippen molar-refractivity contribution in [1.82, 2.24) is 4.90 Å². The summed E-state index contributed by atoms with van der Waals surface area (Å²) in [6, 6.07) is 6.08. The van der Waals surface area contributed by atoms with Crippen LogP contribution in [0.25, 0.3) is 0 Å². The summed E-state index contributed by atoms with van der Waals surface area (Å²) in [6.07, 6.45) is 0.826. The van der Waals surface area contributed by atoms with Crippen molar-refractivity contribution in [2.45, 2.75) is 26.3 Å². The maximum atomic E-state index is 12.7. The normalized spacial score (nSPS) is 18.8. The van der Waals surface area contributed by atoms with E-state index in [1.807, 2.05) is 0 Å². The Morgan fingerprint density at radius 1 is 1.48 bits per heavy atom. The zero-order valence-electron chi connectivity index (χ0n) is 12.3. The van der Waals surface area contributed by atoms with Crippen molar-refractivity contribution in [3.05, 3.63) is 39.9 Å². The first-order chi connectivity index (χ1) is 10.0. The van der Waals surface area contributed by atoms with Gasteiger partial charge in [-0.1, -0.05) is 26.0 Å². The van der Waals surface area contributed by atoms with Gasteiger partial charge in [-0.05, 0) is 18.4 Å². The van der Waals surface area contributed by atoms with Crippen molar-refractivity contribution in [2.75, 3.05) is 19.8 Å². The summed E-state index contributed by atoms with van der Waals surface area (Å²) < 4.78 is 5.45. The van der Waals surface area contributed by atoms with E-state index in [-0.39, 0.29) is 23.2 Å². The summed E-state index contributed by atoms with van der Waals surface area (Å²) in [5, 5.41) is 11.1. The molecule has 2 rings (SSSR count). The number of nitro benzene ring substituents is 1. The average Bonchev–Trinajstić information content (AvgIpc) is 2.46. The molecule has 114 valence electrons. The predicted octanol–water partition coefficient (Wildman–Crippen LogP) is 2.48. The van der Waals surface area contributed by atoms with Crippen LogP contribution in [0.3, 0.4) is 0 Å². The minimum Gasteiger partial charge on any atom is -0.377 e. The van der Waals surface area contributed by atoms with Crippen LogP contribution in [0.2, 0.25) is 0 Å². The molecule has 1 aromatic rings. The SMILES string of the molecule is CC(C)C[C@@H]1COCCN1C(=O)c1ccccc1[N+](=O)[O-]. The highest BCUT2D eigenvalue weighted by Gasteiger charge is 2.31. The number of nitrogens with zero attached hydrogens (tertiary/aromatic N) is 2. The number of ether oxygens (including phenoxy) is 1. The van der Waals surface area contributed by atoms with Gasteiger partial charge in [-0.3, -0.25) is 14.9 Å². The number of morpholine rings is 1. The lowest BCUT2D eigenvalue weighted by atomic mass is 10.0. The minimum atomic E-state index is -0.509. The number of benzene rings is 1. The number of carbonyl (C=O) groups excluding carboxylic acids is 1. The highest BCUT2D eigenvalue weighted by molar-refractivity contribution is 5.98. The molecule has 0 radical (unpaired) electrons. The summed E-state index contributed by atoms with van der Waals surface area (Å²) in [7, 11) is 0. The second-order valence-corrected chi connectivity index (χ2v) is 5.63. The number of hydrogen-bond donors (Lipinski definition) is 0. The second kappa shape index (κ2) is 6.67. The zero-order chi connectivity index (χ0) is 15.4. The van der Waals surface area contributed by atoms with Crippen LogP contribution >= 0.6 is 0 Å². The highest BCUT2D eigenvalue weighted by Crippen LogP contribution is 2.23. The summed E-state index contributed by atoms with van der Waals surface area (Å²) >= 11 is 0. The number of amides is 1. The van der Waals surface area contributed by atoms with Gasteiger partial charge in [0.1, 0.15) is 5.56 Å². The number of carbonyl (C=O) groups is 1. The molecule has 0 aliphatic carbocycles. The van der Waals surface area contributed by atoms with Crippen molar-refractivity contribution in [3.8, 4) is 0 Å². The maximum Gasteiger partial charge on any atom is 0.282 e. The first-order valence-corrected chi connectivity index (χ1v) is 7.13. The van der Waals surface area contributed by atoms with Gasteiger partial charge in [-0.15, -0.1) is 0 Å². The third-order valence-electron chi connectivity index (χ3n) is 3.56. The molecule has 0 aromatic heterocycles. The Bertz CT molecular complexity index is 530. The Morgan fingerprint density at radius 2 is 2.19 bits per heavy atom. The fourth-order valence-electron chi connectivity index (χ4n) is 2.63. The largest absolute Gasteiger partial charge is 0.377 e. The maximum absolute atomic E-state index is 12.7. The van der Waals surface area contributed by atoms with Crippen LogP contribution < -0.4 is 0 Å². The molecule has 6 heteroatoms. The first kappa shape index (κ1) is 15.4. The molecular formula is C15H20N2O4. The van der Waals surface area contributed by atoms with Crippen LogP contribution in [0.5, 0.6) is 0 Å². The molecule has 6 nitrogen and oxygen atoms in total. The van der Waals surface area contributed by atoms with Gasteiger partial charge in [0.25, 0.3) is 11.6 Å². The van der Waals surface area contributed by atoms with E-state index in [1.54, 1.807) is 17.0 Å². The lowest BCUT2D eigenvalue weighted by Crippen LogP contribution is -2.49. The van der Waals surface area contributed by atoms with E-state index in [0.29, 0.717) is 25.7 Å². The second-order valence-electron chi connectivity index (χ2n) is 5.63. The Morgan fingerprint density at radius 3 is 2.86 bits per heavy atom. The molecule has 1 aliphatic heterocycles. The monoisotopic (exact) mass is 292 g/mol. The molecule has 1 aromatic carbocycles. The zero-order valence-corrected chi connectivity index (χ0v) is 12.3. The summed E-state index contributed by atoms with van der Waals surface area (Å²) in [5.41, 5.74) is 0.00967. The van der Waals surface area contributed by atoms with E-state index >= 15 is 0 Å². The number of rotatable bonds is 4. The summed E-state index contributed by atoms with van der Waals surface area (Å²) in [6.45, 7) is 5.61. The molecule has 0 saturated carbocycles. The third kappa shape index (κ3) is 3.58. The molecule has 1 atom stereocenters. The molecule has 1 aliphatic rings. The van der Waals surface area contributed by atoms with E-state index in [1.165, 1.54) is 12.1 Å². The van der Waals surface area contributed by atoms with Crippen LogP contribution in [0.1, 0.15) is 30.6 Å². The predicted molar refractivity (Wildman–Crippen MR) is 78.2 cm³/mol. The van der Waals surface area contributed by atoms with Crippen molar-refractivity contribution in [1.29, 1.82) is 0 Å². The molecule has 21 heavy (non-hydrogen) atoms. The van der Waals surface area contributed by atoms with E-state index < -0.39 is 4.92 Å². The fourth-order valence-corrected chi connectivity index (χ4v) is 2.63. The summed E-state index contributed by atoms with van der Waals surface area (Å²) in [5.74, 6) is 0.147. The van der Waals surface area contributed by atoms with Gasteiger partial charge in [0.2, 0.25) is 0 Å². The van der Waals surface area contributed by atoms with Gasteiger partial charge in [0.05, 0.1) is 24.2 Å². The van der Waals surface area contributed by atoms with Crippen LogP contribution in [-0.2, 0) is 4.74 Å². The third-order valence-corrected chi connectivity index (χ3v) is 3.56. The van der Waals surface area contributed by atoms with Gasteiger partial charge in [-0.25, -0.2) is 0 Å². The van der Waals surface area contributed by atoms with E-state index in [4.69, 9.17) is 4.74 Å². The van der Waals surface area contributed by atoms with Crippen molar-refractivity contribution < 1.29 is 14.5 Å². The molecule has 1 saturated heterocycles. The first-order valence-electron chi connectivity index (χ1n) is 7.13. The lowest BCUT2D eigenvalue weighted by molar-refractivity contribution is -0.385. The standard InChI is InChI=1S/C15H20N2O4/c1-11(2)9-12-10-21-8-7-16(12)15(18)13-5-3-4-6-14(13)17(19)20/h3-6,11-12H,7-10H2,1-2H3/t12-/m1/s1. The quantitative estimate of drug-likeness (QED) is 0.631. The van der Waals surface area contributed by atoms with Crippen molar-refractivity contribution in [3.63, 3.8) is 0 Å². The number of hydrogen-bond acceptors (Lipinski definition) is 4. The van der Waals surface area contributed by atoms with E-state index in [0.717, 1.165) is 6.42 Å². The lowest BCUT2D eigenvalue weighted by Gasteiger charge is -2.36. The molecule has 1 heterocycles. The van der Waals surface area contributed by atoms with E-state index in [9.17, 15) is 14.9 Å². The van der Waals surface area contributed by atoms with Gasteiger partial charge in [0, 0.05) is 12.6 Å². The number of nitro groups is 1. The van der Waals surface area contributed by atoms with Gasteiger partial charge >= 0.3 is 0 Å².